The topological polar surface area (TPSA) is 46.6 Å². The lowest BCUT2D eigenvalue weighted by molar-refractivity contribution is -0.0557. The van der Waals surface area contributed by atoms with Crippen LogP contribution in [0.4, 0.5) is 4.39 Å². The fourth-order valence-corrected chi connectivity index (χ4v) is 4.57. The molecule has 0 radical (unpaired) electrons. The molecule has 134 valence electrons. The van der Waals surface area contributed by atoms with Crippen molar-refractivity contribution in [3.63, 3.8) is 0 Å². The number of benzene rings is 2. The molecule has 4 nitrogen and oxygen atoms in total. The Morgan fingerprint density at radius 3 is 2.44 bits per heavy atom. The van der Waals surface area contributed by atoms with Gasteiger partial charge in [-0.2, -0.15) is 4.31 Å². The summed E-state index contributed by atoms with van der Waals surface area (Å²) < 4.78 is 46.0. The predicted octanol–water partition coefficient (Wildman–Crippen LogP) is 3.16. The van der Waals surface area contributed by atoms with Crippen LogP contribution in [0.1, 0.15) is 24.2 Å². The number of nitrogens with zero attached hydrogens (tertiary/aromatic N) is 1. The molecular formula is C19H22FNO3S. The fourth-order valence-electron chi connectivity index (χ4n) is 3.02. The summed E-state index contributed by atoms with van der Waals surface area (Å²) in [5.74, 6) is -0.250. The molecule has 0 spiro atoms. The van der Waals surface area contributed by atoms with Gasteiger partial charge < -0.3 is 4.74 Å². The maximum absolute atomic E-state index is 13.1. The van der Waals surface area contributed by atoms with E-state index in [-0.39, 0.29) is 30.3 Å². The minimum atomic E-state index is -3.38. The molecule has 2 aromatic rings. The largest absolute Gasteiger partial charge is 0.368 e. The molecule has 6 heteroatoms. The number of ether oxygens (including phenoxy) is 1. The Bertz CT molecular complexity index is 793. The SMILES string of the molecule is CC1CN(S(=O)(=O)CCc2ccccc2)CC(c2ccc(F)cc2)O1. The van der Waals surface area contributed by atoms with E-state index < -0.39 is 10.0 Å². The van der Waals surface area contributed by atoms with E-state index in [0.29, 0.717) is 13.0 Å². The van der Waals surface area contributed by atoms with Crippen molar-refractivity contribution in [3.05, 3.63) is 71.5 Å². The van der Waals surface area contributed by atoms with Crippen LogP contribution < -0.4 is 0 Å². The molecule has 0 bridgehead atoms. The molecule has 1 heterocycles. The third-order valence-corrected chi connectivity index (χ3v) is 6.16. The average Bonchev–Trinajstić information content (AvgIpc) is 2.61. The van der Waals surface area contributed by atoms with Gasteiger partial charge in [-0.05, 0) is 36.6 Å². The smallest absolute Gasteiger partial charge is 0.214 e. The summed E-state index contributed by atoms with van der Waals surface area (Å²) in [5.41, 5.74) is 1.79. The first-order valence-corrected chi connectivity index (χ1v) is 9.97. The summed E-state index contributed by atoms with van der Waals surface area (Å²) in [6.45, 7) is 2.46. The summed E-state index contributed by atoms with van der Waals surface area (Å²) in [5, 5.41) is 0. The molecule has 1 aliphatic rings. The summed E-state index contributed by atoms with van der Waals surface area (Å²) >= 11 is 0. The fraction of sp³-hybridized carbons (Fsp3) is 0.368. The third kappa shape index (κ3) is 4.66. The van der Waals surface area contributed by atoms with Gasteiger partial charge in [0.1, 0.15) is 5.82 Å². The molecule has 2 unspecified atom stereocenters. The van der Waals surface area contributed by atoms with Crippen molar-refractivity contribution in [2.45, 2.75) is 25.6 Å². The molecular weight excluding hydrogens is 341 g/mol. The van der Waals surface area contributed by atoms with E-state index in [9.17, 15) is 12.8 Å². The Morgan fingerprint density at radius 2 is 1.76 bits per heavy atom. The molecule has 1 fully saturated rings. The van der Waals surface area contributed by atoms with Gasteiger partial charge >= 0.3 is 0 Å². The van der Waals surface area contributed by atoms with E-state index in [1.165, 1.54) is 16.4 Å². The number of halogens is 1. The molecule has 25 heavy (non-hydrogen) atoms. The Kier molecular flexibility index (Phi) is 5.51. The molecule has 2 atom stereocenters. The number of sulfonamides is 1. The van der Waals surface area contributed by atoms with Gasteiger partial charge in [0.2, 0.25) is 10.0 Å². The average molecular weight is 363 g/mol. The highest BCUT2D eigenvalue weighted by Gasteiger charge is 2.33. The monoisotopic (exact) mass is 363 g/mol. The van der Waals surface area contributed by atoms with Gasteiger partial charge in [0.05, 0.1) is 18.0 Å². The zero-order chi connectivity index (χ0) is 17.9. The van der Waals surface area contributed by atoms with Crippen LogP contribution in [0.5, 0.6) is 0 Å². The standard InChI is InChI=1S/C19H22FNO3S/c1-15-13-21(14-19(24-15)17-7-9-18(20)10-8-17)25(22,23)12-11-16-5-3-2-4-6-16/h2-10,15,19H,11-14H2,1H3. The minimum absolute atomic E-state index is 0.0693. The second-order valence-corrected chi connectivity index (χ2v) is 8.44. The number of aryl methyl sites for hydroxylation is 1. The number of hydrogen-bond acceptors (Lipinski definition) is 3. The first-order valence-electron chi connectivity index (χ1n) is 8.37. The Labute approximate surface area is 148 Å². The molecule has 0 amide bonds. The lowest BCUT2D eigenvalue weighted by Crippen LogP contribution is -2.46. The quantitative estimate of drug-likeness (QED) is 0.820. The van der Waals surface area contributed by atoms with Crippen molar-refractivity contribution in [2.75, 3.05) is 18.8 Å². The molecule has 1 saturated heterocycles. The Morgan fingerprint density at radius 1 is 1.08 bits per heavy atom. The van der Waals surface area contributed by atoms with Gasteiger partial charge in [0, 0.05) is 13.1 Å². The van der Waals surface area contributed by atoms with Gasteiger partial charge in [-0.3, -0.25) is 0 Å². The van der Waals surface area contributed by atoms with Crippen LogP contribution in [0.2, 0.25) is 0 Å². The third-order valence-electron chi connectivity index (χ3n) is 4.35. The molecule has 1 aliphatic heterocycles. The van der Waals surface area contributed by atoms with E-state index in [1.54, 1.807) is 12.1 Å². The maximum Gasteiger partial charge on any atom is 0.214 e. The van der Waals surface area contributed by atoms with Crippen LogP contribution in [-0.4, -0.2) is 37.7 Å². The van der Waals surface area contributed by atoms with E-state index in [2.05, 4.69) is 0 Å². The van der Waals surface area contributed by atoms with Crippen molar-refractivity contribution in [3.8, 4) is 0 Å². The van der Waals surface area contributed by atoms with Gasteiger partial charge in [-0.25, -0.2) is 12.8 Å². The molecule has 0 aliphatic carbocycles. The summed E-state index contributed by atoms with van der Waals surface area (Å²) in [7, 11) is -3.38. The Hall–Kier alpha value is -1.76. The van der Waals surface area contributed by atoms with Crippen LogP contribution in [0.15, 0.2) is 54.6 Å². The number of hydrogen-bond donors (Lipinski definition) is 0. The van der Waals surface area contributed by atoms with E-state index in [0.717, 1.165) is 11.1 Å². The second kappa shape index (κ2) is 7.64. The van der Waals surface area contributed by atoms with Crippen LogP contribution in [0, 0.1) is 5.82 Å². The highest BCUT2D eigenvalue weighted by Crippen LogP contribution is 2.27. The van der Waals surface area contributed by atoms with Gasteiger partial charge in [-0.1, -0.05) is 42.5 Å². The predicted molar refractivity (Wildman–Crippen MR) is 95.2 cm³/mol. The molecule has 2 aromatic carbocycles. The minimum Gasteiger partial charge on any atom is -0.368 e. The van der Waals surface area contributed by atoms with Crippen LogP contribution in [-0.2, 0) is 21.2 Å². The molecule has 0 saturated carbocycles. The van der Waals surface area contributed by atoms with Crippen molar-refractivity contribution < 1.29 is 17.5 Å². The van der Waals surface area contributed by atoms with Gasteiger partial charge in [0.15, 0.2) is 0 Å². The highest BCUT2D eigenvalue weighted by molar-refractivity contribution is 7.89. The second-order valence-electron chi connectivity index (χ2n) is 6.36. The van der Waals surface area contributed by atoms with E-state index >= 15 is 0 Å². The van der Waals surface area contributed by atoms with Crippen molar-refractivity contribution in [2.24, 2.45) is 0 Å². The zero-order valence-corrected chi connectivity index (χ0v) is 15.0. The first-order chi connectivity index (χ1) is 11.9. The lowest BCUT2D eigenvalue weighted by Gasteiger charge is -2.36. The first kappa shape index (κ1) is 18.0. The van der Waals surface area contributed by atoms with Crippen molar-refractivity contribution in [1.82, 2.24) is 4.31 Å². The summed E-state index contributed by atoms with van der Waals surface area (Å²) in [6.07, 6.45) is -0.109. The van der Waals surface area contributed by atoms with Crippen molar-refractivity contribution >= 4 is 10.0 Å². The zero-order valence-electron chi connectivity index (χ0n) is 14.1. The molecule has 3 rings (SSSR count). The maximum atomic E-state index is 13.1. The molecule has 0 N–H and O–H groups in total. The van der Waals surface area contributed by atoms with Crippen LogP contribution in [0.25, 0.3) is 0 Å². The molecule has 0 aromatic heterocycles. The normalized spacial score (nSPS) is 22.0. The van der Waals surface area contributed by atoms with E-state index in [4.69, 9.17) is 4.74 Å². The lowest BCUT2D eigenvalue weighted by atomic mass is 10.1. The van der Waals surface area contributed by atoms with Crippen molar-refractivity contribution in [1.29, 1.82) is 0 Å². The van der Waals surface area contributed by atoms with Gasteiger partial charge in [0.25, 0.3) is 0 Å². The number of morpholine rings is 1. The van der Waals surface area contributed by atoms with E-state index in [1.807, 2.05) is 37.3 Å². The number of rotatable bonds is 5. The summed E-state index contributed by atoms with van der Waals surface area (Å²) in [4.78, 5) is 0. The van der Waals surface area contributed by atoms with Crippen LogP contribution >= 0.6 is 0 Å². The van der Waals surface area contributed by atoms with Crippen LogP contribution in [0.3, 0.4) is 0 Å². The van der Waals surface area contributed by atoms with Gasteiger partial charge in [-0.15, -0.1) is 0 Å². The summed E-state index contributed by atoms with van der Waals surface area (Å²) in [6, 6.07) is 15.6. The highest BCUT2D eigenvalue weighted by atomic mass is 32.2. The Balaban J connectivity index is 1.70.